The molecular weight excluding hydrogens is 298 g/mol. The van der Waals surface area contributed by atoms with Gasteiger partial charge in [-0.05, 0) is 43.5 Å². The average molecular weight is 305 g/mol. The van der Waals surface area contributed by atoms with E-state index in [9.17, 15) is 0 Å². The zero-order valence-electron chi connectivity index (χ0n) is 6.67. The predicted octanol–water partition coefficient (Wildman–Crippen LogP) is 2.52. The van der Waals surface area contributed by atoms with E-state index in [1.807, 2.05) is 12.1 Å². The van der Waals surface area contributed by atoms with Gasteiger partial charge in [0, 0.05) is 12.2 Å². The van der Waals surface area contributed by atoms with E-state index < -0.39 is 0 Å². The molecule has 1 rings (SSSR count). The second-order valence-electron chi connectivity index (χ2n) is 2.51. The van der Waals surface area contributed by atoms with Crippen LogP contribution >= 0.6 is 31.9 Å². The Bertz CT molecular complexity index is 346. The van der Waals surface area contributed by atoms with Crippen LogP contribution in [-0.4, -0.2) is 4.98 Å². The summed E-state index contributed by atoms with van der Waals surface area (Å²) in [5.41, 5.74) is 6.58. The first-order valence-corrected chi connectivity index (χ1v) is 5.17. The minimum atomic E-state index is -0.262. The second kappa shape index (κ2) is 4.70. The summed E-state index contributed by atoms with van der Waals surface area (Å²) in [7, 11) is 0. The molecule has 0 aromatic carbocycles. The van der Waals surface area contributed by atoms with Gasteiger partial charge in [0.15, 0.2) is 0 Å². The van der Waals surface area contributed by atoms with Crippen molar-refractivity contribution < 1.29 is 0 Å². The first kappa shape index (κ1) is 10.6. The quantitative estimate of drug-likeness (QED) is 0.854. The molecule has 1 aromatic heterocycles. The van der Waals surface area contributed by atoms with Crippen molar-refractivity contribution in [2.75, 3.05) is 0 Å². The summed E-state index contributed by atoms with van der Waals surface area (Å²) in [6, 6.07) is 3.62. The highest BCUT2D eigenvalue weighted by Gasteiger charge is 2.07. The van der Waals surface area contributed by atoms with Crippen LogP contribution in [-0.2, 0) is 0 Å². The number of nitrogens with zero attached hydrogens (tertiary/aromatic N) is 2. The number of rotatable bonds is 2. The Morgan fingerprint density at radius 3 is 2.85 bits per heavy atom. The largest absolute Gasteiger partial charge is 0.323 e. The Morgan fingerprint density at radius 2 is 2.31 bits per heavy atom. The van der Waals surface area contributed by atoms with E-state index in [1.165, 1.54) is 0 Å². The lowest BCUT2D eigenvalue weighted by Gasteiger charge is -2.07. The van der Waals surface area contributed by atoms with Crippen molar-refractivity contribution in [1.82, 2.24) is 4.98 Å². The summed E-state index contributed by atoms with van der Waals surface area (Å²) in [5.74, 6) is 0. The van der Waals surface area contributed by atoms with Gasteiger partial charge >= 0.3 is 0 Å². The van der Waals surface area contributed by atoms with Gasteiger partial charge in [-0.25, -0.2) is 4.98 Å². The number of nitriles is 1. The molecule has 1 atom stereocenters. The fraction of sp³-hybridized carbons (Fsp3) is 0.250. The summed E-state index contributed by atoms with van der Waals surface area (Å²) in [6.07, 6.45) is 1.96. The average Bonchev–Trinajstić information content (AvgIpc) is 2.10. The van der Waals surface area contributed by atoms with Gasteiger partial charge in [0.2, 0.25) is 0 Å². The van der Waals surface area contributed by atoms with Crippen molar-refractivity contribution >= 4 is 31.9 Å². The van der Waals surface area contributed by atoms with Gasteiger partial charge in [0.05, 0.1) is 17.0 Å². The van der Waals surface area contributed by atoms with Crippen LogP contribution in [0.15, 0.2) is 21.3 Å². The molecule has 0 bridgehead atoms. The highest BCUT2D eigenvalue weighted by atomic mass is 79.9. The number of halogens is 2. The van der Waals surface area contributed by atoms with Crippen LogP contribution < -0.4 is 5.73 Å². The van der Waals surface area contributed by atoms with E-state index in [1.54, 1.807) is 6.20 Å². The van der Waals surface area contributed by atoms with Crippen LogP contribution in [0, 0.1) is 11.3 Å². The molecule has 0 saturated carbocycles. The molecular formula is C8H7Br2N3. The van der Waals surface area contributed by atoms with Gasteiger partial charge in [-0.1, -0.05) is 0 Å². The highest BCUT2D eigenvalue weighted by molar-refractivity contribution is 9.13. The van der Waals surface area contributed by atoms with Crippen LogP contribution in [0.1, 0.15) is 18.0 Å². The normalized spacial score (nSPS) is 12.2. The zero-order chi connectivity index (χ0) is 9.84. The molecule has 0 aliphatic rings. The third kappa shape index (κ3) is 2.76. The van der Waals surface area contributed by atoms with Crippen molar-refractivity contribution in [2.45, 2.75) is 12.5 Å². The first-order valence-electron chi connectivity index (χ1n) is 3.58. The topological polar surface area (TPSA) is 62.7 Å². The molecule has 0 fully saturated rings. The molecule has 0 radical (unpaired) electrons. The zero-order valence-corrected chi connectivity index (χ0v) is 9.84. The number of aromatic nitrogens is 1. The molecule has 0 saturated heterocycles. The Hall–Kier alpha value is -0.440. The first-order chi connectivity index (χ1) is 6.15. The Labute approximate surface area is 93.2 Å². The van der Waals surface area contributed by atoms with Crippen LogP contribution in [0.25, 0.3) is 0 Å². The molecule has 1 aromatic rings. The van der Waals surface area contributed by atoms with Crippen molar-refractivity contribution in [3.63, 3.8) is 0 Å². The van der Waals surface area contributed by atoms with Crippen LogP contribution in [0.2, 0.25) is 0 Å². The summed E-state index contributed by atoms with van der Waals surface area (Å²) in [5, 5.41) is 8.45. The molecule has 0 spiro atoms. The molecule has 1 heterocycles. The van der Waals surface area contributed by atoms with E-state index in [0.29, 0.717) is 6.42 Å². The highest BCUT2D eigenvalue weighted by Crippen LogP contribution is 2.24. The lowest BCUT2D eigenvalue weighted by molar-refractivity contribution is 0.742. The molecule has 5 heteroatoms. The molecule has 13 heavy (non-hydrogen) atoms. The number of hydrogen-bond donors (Lipinski definition) is 1. The second-order valence-corrected chi connectivity index (χ2v) is 4.12. The van der Waals surface area contributed by atoms with E-state index >= 15 is 0 Å². The lowest BCUT2D eigenvalue weighted by atomic mass is 10.1. The monoisotopic (exact) mass is 303 g/mol. The van der Waals surface area contributed by atoms with Gasteiger partial charge in [-0.3, -0.25) is 0 Å². The summed E-state index contributed by atoms with van der Waals surface area (Å²) >= 11 is 6.57. The number of pyridine rings is 1. The van der Waals surface area contributed by atoms with Crippen molar-refractivity contribution in [3.05, 3.63) is 26.9 Å². The fourth-order valence-corrected chi connectivity index (χ4v) is 1.44. The molecule has 0 aliphatic heterocycles. The predicted molar refractivity (Wildman–Crippen MR) is 56.8 cm³/mol. The van der Waals surface area contributed by atoms with Gasteiger partial charge in [0.1, 0.15) is 4.60 Å². The lowest BCUT2D eigenvalue weighted by Crippen LogP contribution is -2.09. The van der Waals surface area contributed by atoms with Crippen molar-refractivity contribution in [3.8, 4) is 6.07 Å². The number of hydrogen-bond acceptors (Lipinski definition) is 3. The number of nitrogens with two attached hydrogens (primary N) is 1. The maximum atomic E-state index is 8.45. The summed E-state index contributed by atoms with van der Waals surface area (Å²) < 4.78 is 1.58. The van der Waals surface area contributed by atoms with Gasteiger partial charge < -0.3 is 5.73 Å². The minimum Gasteiger partial charge on any atom is -0.323 e. The third-order valence-electron chi connectivity index (χ3n) is 1.56. The van der Waals surface area contributed by atoms with Crippen LogP contribution in [0.4, 0.5) is 0 Å². The maximum Gasteiger partial charge on any atom is 0.120 e. The summed E-state index contributed by atoms with van der Waals surface area (Å²) in [6.45, 7) is 0. The van der Waals surface area contributed by atoms with E-state index in [0.717, 1.165) is 14.6 Å². The van der Waals surface area contributed by atoms with E-state index in [2.05, 4.69) is 36.8 Å². The van der Waals surface area contributed by atoms with E-state index in [4.69, 9.17) is 11.0 Å². The van der Waals surface area contributed by atoms with Crippen molar-refractivity contribution in [2.24, 2.45) is 5.73 Å². The smallest absolute Gasteiger partial charge is 0.120 e. The molecule has 0 amide bonds. The van der Waals surface area contributed by atoms with Gasteiger partial charge in [-0.15, -0.1) is 0 Å². The molecule has 3 nitrogen and oxygen atoms in total. The Balaban J connectivity index is 2.91. The molecule has 1 unspecified atom stereocenters. The minimum absolute atomic E-state index is 0.262. The Morgan fingerprint density at radius 1 is 1.62 bits per heavy atom. The third-order valence-corrected chi connectivity index (χ3v) is 3.33. The summed E-state index contributed by atoms with van der Waals surface area (Å²) in [4.78, 5) is 4.06. The van der Waals surface area contributed by atoms with Gasteiger partial charge in [-0.2, -0.15) is 5.26 Å². The molecule has 0 aliphatic carbocycles. The fourth-order valence-electron chi connectivity index (χ4n) is 0.855. The van der Waals surface area contributed by atoms with Gasteiger partial charge in [0.25, 0.3) is 0 Å². The SMILES string of the molecule is N#CCC(N)c1cnc(Br)c(Br)c1. The molecule has 68 valence electrons. The van der Waals surface area contributed by atoms with Crippen LogP contribution in [0.3, 0.4) is 0 Å². The van der Waals surface area contributed by atoms with Crippen LogP contribution in [0.5, 0.6) is 0 Å². The van der Waals surface area contributed by atoms with Crippen molar-refractivity contribution in [1.29, 1.82) is 5.26 Å². The molecule has 2 N–H and O–H groups in total. The van der Waals surface area contributed by atoms with E-state index in [-0.39, 0.29) is 6.04 Å². The maximum absolute atomic E-state index is 8.45. The standard InChI is InChI=1S/C8H7Br2N3/c9-6-3-5(4-13-8(6)10)7(12)1-2-11/h3-4,7H,1,12H2. The Kier molecular flexibility index (Phi) is 3.85.